The van der Waals surface area contributed by atoms with Gasteiger partial charge in [0.05, 0.1) is 0 Å². The van der Waals surface area contributed by atoms with Crippen LogP contribution in [0.25, 0.3) is 0 Å². The highest BCUT2D eigenvalue weighted by molar-refractivity contribution is 6.16. The van der Waals surface area contributed by atoms with Gasteiger partial charge in [0, 0.05) is 52.4 Å². The minimum absolute atomic E-state index is 0.138. The smallest absolute Gasteiger partial charge is 0.348 e. The highest BCUT2D eigenvalue weighted by Crippen LogP contribution is 2.45. The summed E-state index contributed by atoms with van der Waals surface area (Å²) in [7, 11) is 0. The van der Waals surface area contributed by atoms with Crippen LogP contribution in [-0.2, 0) is 66.7 Å². The second-order valence-corrected chi connectivity index (χ2v) is 12.8. The molecule has 4 heterocycles. The molecule has 16 nitrogen and oxygen atoms in total. The van der Waals surface area contributed by atoms with Crippen molar-refractivity contribution in [2.24, 2.45) is 0 Å². The Hall–Kier alpha value is -6.06. The van der Waals surface area contributed by atoms with Gasteiger partial charge < -0.3 is 48.1 Å². The Morgan fingerprint density at radius 2 is 0.887 bits per heavy atom. The van der Waals surface area contributed by atoms with Crippen LogP contribution in [0.15, 0.2) is 94.9 Å². The lowest BCUT2D eigenvalue weighted by Crippen LogP contribution is -2.56. The molecule has 0 radical (unpaired) electrons. The fourth-order valence-electron chi connectivity index (χ4n) is 5.75. The molecule has 0 amide bonds. The summed E-state index contributed by atoms with van der Waals surface area (Å²) in [6, 6.07) is 0. The average Bonchev–Trinajstić information content (AvgIpc) is 3.06. The fourth-order valence-corrected chi connectivity index (χ4v) is 5.75. The molecule has 4 aliphatic heterocycles. The minimum atomic E-state index is -1.67. The van der Waals surface area contributed by atoms with Gasteiger partial charge in [0.15, 0.2) is 0 Å². The van der Waals surface area contributed by atoms with E-state index in [2.05, 4.69) is 0 Å². The summed E-state index contributed by atoms with van der Waals surface area (Å²) in [6.45, 7) is 6.64. The number of cyclic esters (lactones) is 2. The summed E-state index contributed by atoms with van der Waals surface area (Å²) in [6.07, 6.45) is 13.7. The van der Waals surface area contributed by atoms with Crippen LogP contribution in [0.1, 0.15) is 72.6 Å². The van der Waals surface area contributed by atoms with Crippen molar-refractivity contribution in [1.29, 1.82) is 0 Å². The summed E-state index contributed by atoms with van der Waals surface area (Å²) in [5.74, 6) is -12.5. The predicted octanol–water partition coefficient (Wildman–Crippen LogP) is 4.56. The van der Waals surface area contributed by atoms with Gasteiger partial charge in [-0.25, -0.2) is 28.8 Å². The monoisotopic (exact) mass is 738 g/mol. The Morgan fingerprint density at radius 3 is 1.25 bits per heavy atom. The van der Waals surface area contributed by atoms with E-state index in [0.717, 1.165) is 12.2 Å². The molecule has 2 atom stereocenters. The molecule has 0 aromatic carbocycles. The Morgan fingerprint density at radius 1 is 0.509 bits per heavy atom. The Bertz CT molecular complexity index is 1800. The van der Waals surface area contributed by atoms with Gasteiger partial charge in [-0.15, -0.1) is 0 Å². The van der Waals surface area contributed by atoms with Crippen molar-refractivity contribution in [2.45, 2.75) is 95.8 Å². The molecule has 2 unspecified atom stereocenters. The van der Waals surface area contributed by atoms with E-state index in [1.165, 1.54) is 62.5 Å². The van der Waals surface area contributed by atoms with Gasteiger partial charge in [-0.05, 0) is 30.7 Å². The van der Waals surface area contributed by atoms with E-state index in [-0.39, 0.29) is 36.8 Å². The first-order valence-corrected chi connectivity index (χ1v) is 16.8. The number of rotatable bonds is 9. The predicted molar refractivity (Wildman–Crippen MR) is 177 cm³/mol. The average molecular weight is 739 g/mol. The van der Waals surface area contributed by atoms with Gasteiger partial charge in [-0.1, -0.05) is 50.3 Å². The van der Waals surface area contributed by atoms with Crippen LogP contribution in [0.3, 0.4) is 0 Å². The van der Waals surface area contributed by atoms with Gasteiger partial charge >= 0.3 is 35.8 Å². The molecule has 16 heteroatoms. The molecule has 2 spiro atoms. The molecular weight excluding hydrogens is 700 g/mol. The normalized spacial score (nSPS) is 30.8. The second-order valence-electron chi connectivity index (χ2n) is 12.8. The van der Waals surface area contributed by atoms with Crippen molar-refractivity contribution in [3.63, 3.8) is 0 Å². The number of allylic oxidation sites excluding steroid dienone is 8. The van der Waals surface area contributed by atoms with E-state index in [4.69, 9.17) is 37.9 Å². The maximum Gasteiger partial charge on any atom is 0.348 e. The molecule has 0 aromatic heterocycles. The molecule has 5 rings (SSSR count). The summed E-state index contributed by atoms with van der Waals surface area (Å²) in [5, 5.41) is 20.2. The molecule has 1 aliphatic carbocycles. The van der Waals surface area contributed by atoms with Gasteiger partial charge in [-0.3, -0.25) is 0 Å². The topological polar surface area (TPSA) is 217 Å². The van der Waals surface area contributed by atoms with Crippen LogP contribution in [0.5, 0.6) is 0 Å². The van der Waals surface area contributed by atoms with Gasteiger partial charge in [0.25, 0.3) is 35.0 Å². The quantitative estimate of drug-likeness (QED) is 0.109. The molecule has 53 heavy (non-hydrogen) atoms. The summed E-state index contributed by atoms with van der Waals surface area (Å²) in [4.78, 5) is 75.8. The van der Waals surface area contributed by atoms with Crippen molar-refractivity contribution in [3.8, 4) is 0 Å². The van der Waals surface area contributed by atoms with Gasteiger partial charge in [0.2, 0.25) is 0 Å². The largest absolute Gasteiger partial charge is 0.480 e. The molecule has 5 aliphatic rings. The van der Waals surface area contributed by atoms with Crippen molar-refractivity contribution in [2.75, 3.05) is 0 Å². The van der Waals surface area contributed by atoms with Crippen molar-refractivity contribution < 1.29 is 76.9 Å². The van der Waals surface area contributed by atoms with Crippen molar-refractivity contribution in [1.82, 2.24) is 0 Å². The molecular formula is C37H38O16. The number of carbonyl (C=O) groups excluding carboxylic acids is 6. The lowest BCUT2D eigenvalue weighted by Gasteiger charge is -2.45. The zero-order chi connectivity index (χ0) is 38.6. The standard InChI is InChI=1S/C37H38O16/c1-5-17-35(4)48-28(40)23(29(41)49-35)14-10-8-12-16-25-32(44)52-37(53-33(25)45)20-18-36(19-21-37)50-30(42)24(31(43)51-36)15-11-7-9-13-22-26(38)46-34(3,6-2)47-27(22)39/h7-16,38,40H,5-6,17-21H2,1-4H3/b11-7+,12-8+,13-9+,14-10+,24-15?,25-16?. The molecule has 0 aromatic rings. The Labute approximate surface area is 303 Å². The van der Waals surface area contributed by atoms with Gasteiger partial charge in [-0.2, -0.15) is 0 Å². The van der Waals surface area contributed by atoms with E-state index < -0.39 is 82.0 Å². The zero-order valence-electron chi connectivity index (χ0n) is 29.3. The fraction of sp³-hybridized carbons (Fsp3) is 0.405. The highest BCUT2D eigenvalue weighted by atomic mass is 16.8. The minimum Gasteiger partial charge on any atom is -0.480 e. The van der Waals surface area contributed by atoms with E-state index in [1.54, 1.807) is 6.92 Å². The number of aliphatic hydroxyl groups is 2. The zero-order valence-corrected chi connectivity index (χ0v) is 29.3. The Kier molecular flexibility index (Phi) is 10.7. The van der Waals surface area contributed by atoms with E-state index in [9.17, 15) is 39.0 Å². The number of aliphatic hydroxyl groups excluding tert-OH is 2. The number of esters is 6. The van der Waals surface area contributed by atoms with Crippen LogP contribution in [0.4, 0.5) is 0 Å². The molecule has 0 bridgehead atoms. The van der Waals surface area contributed by atoms with Crippen LogP contribution in [-0.4, -0.2) is 69.2 Å². The molecule has 3 fully saturated rings. The van der Waals surface area contributed by atoms with Crippen LogP contribution >= 0.6 is 0 Å². The third-order valence-corrected chi connectivity index (χ3v) is 8.75. The van der Waals surface area contributed by atoms with E-state index >= 15 is 0 Å². The van der Waals surface area contributed by atoms with Crippen LogP contribution < -0.4 is 0 Å². The number of hydrogen-bond acceptors (Lipinski definition) is 16. The summed E-state index contributed by atoms with van der Waals surface area (Å²) < 4.78 is 43.0. The third-order valence-electron chi connectivity index (χ3n) is 8.75. The summed E-state index contributed by atoms with van der Waals surface area (Å²) in [5.41, 5.74) is -1.26. The lowest BCUT2D eigenvalue weighted by molar-refractivity contribution is -0.291. The maximum atomic E-state index is 12.8. The van der Waals surface area contributed by atoms with E-state index in [0.29, 0.717) is 19.3 Å². The van der Waals surface area contributed by atoms with Crippen molar-refractivity contribution >= 4 is 35.8 Å². The number of carbonyl (C=O) groups is 6. The second kappa shape index (κ2) is 14.9. The van der Waals surface area contributed by atoms with Crippen molar-refractivity contribution in [3.05, 3.63) is 94.9 Å². The molecule has 2 saturated heterocycles. The van der Waals surface area contributed by atoms with Crippen LogP contribution in [0.2, 0.25) is 0 Å². The third kappa shape index (κ3) is 8.37. The first-order valence-electron chi connectivity index (χ1n) is 16.8. The lowest BCUT2D eigenvalue weighted by atomic mass is 9.87. The highest BCUT2D eigenvalue weighted by Gasteiger charge is 2.56. The number of ether oxygens (including phenoxy) is 8. The Balaban J connectivity index is 1.14. The van der Waals surface area contributed by atoms with Gasteiger partial charge in [0.1, 0.15) is 22.3 Å². The SMILES string of the molecule is CCCC1(C)OC(=O)C(/C=C/C=C/C=C2C(=O)OC3(CCC4(CC3)OC(=O)C(=C/C=C/C=C/C3=C(O)OC(C)(CC)OC3=O)C(=O)O4)OC2=O)=C(O)O1. The first kappa shape index (κ1) is 38.2. The molecule has 282 valence electrons. The first-order chi connectivity index (χ1) is 25.0. The summed E-state index contributed by atoms with van der Waals surface area (Å²) >= 11 is 0. The number of hydrogen-bond donors (Lipinski definition) is 2. The molecule has 2 N–H and O–H groups in total. The molecule has 1 saturated carbocycles. The maximum absolute atomic E-state index is 12.8. The van der Waals surface area contributed by atoms with E-state index in [1.807, 2.05) is 6.92 Å². The van der Waals surface area contributed by atoms with Crippen LogP contribution in [0, 0.1) is 0 Å².